The molecule has 0 radical (unpaired) electrons. The van der Waals surface area contributed by atoms with Crippen molar-refractivity contribution < 1.29 is 29.2 Å². The Labute approximate surface area is 847 Å². The van der Waals surface area contributed by atoms with E-state index in [0.717, 1.165) is 93.0 Å². The number of hydrogen-bond acceptors (Lipinski definition) is 32. The maximum atomic E-state index is 14.2. The van der Waals surface area contributed by atoms with Crippen LogP contribution in [0.15, 0.2) is 224 Å². The highest BCUT2D eigenvalue weighted by molar-refractivity contribution is 7.17. The molecular weight excluding hydrogens is 1950 g/mol. The van der Waals surface area contributed by atoms with Gasteiger partial charge in [-0.15, -0.1) is 45.3 Å². The molecule has 0 aliphatic rings. The second kappa shape index (κ2) is 39.8. The Morgan fingerprint density at radius 1 is 0.347 bits per heavy atom. The minimum Gasteiger partial charge on any atom is -0.508 e. The Balaban J connectivity index is 0.000000119. The number of benzene rings is 7. The lowest BCUT2D eigenvalue weighted by Gasteiger charge is -2.16. The maximum absolute atomic E-state index is 14.2. The van der Waals surface area contributed by atoms with Crippen LogP contribution in [0.5, 0.6) is 17.2 Å². The van der Waals surface area contributed by atoms with E-state index in [0.29, 0.717) is 153 Å². The van der Waals surface area contributed by atoms with E-state index in [2.05, 4.69) is 75.8 Å². The van der Waals surface area contributed by atoms with Crippen LogP contribution >= 0.6 is 45.3 Å². The third-order valence-corrected chi connectivity index (χ3v) is 28.8. The van der Waals surface area contributed by atoms with Crippen molar-refractivity contribution in [2.24, 2.45) is 0 Å². The number of phenols is 3. The van der Waals surface area contributed by atoms with Gasteiger partial charge in [-0.25, -0.2) is 87.3 Å². The number of aliphatic hydroxyl groups is 1. The standard InChI is InChI=1S/C27H22FN7O2S.C27H23N7O2S.C26H20FN7O2S.C25H23N7O2S/c1-3-15-6-4-5-7-19(15)35-20(32-26-21(27(35)37)14(2)12-38-26)11-34-25-22(24(29)30-13-31-25)23(33-34)16-8-17(28)10-18(36)9-16;1-3-16-7-4-5-10-19(16)34-20(31-26-21(27(34)36)15(2)13-37-26)12-33-25-22(24(28)29-14-30-25)23(32-33)17-8-6-9-18(35)11-17;1-13-5-3-4-6-18(13)34-19(31-25-20(26(34)36)14(2)11-37-25)10-33-24-21(23(28)29-12-30-24)22(32-33)15-7-16(27)9-17(35)8-15;1-4-16-7-5-6-8-18(16)32-19(29-24-20(25(32)34)14(2)12-35-24)11-31-23-21(22(26)27-13-28-23)17(30-31)10-9-15(3)33/h4-10,12-13,36H,3,11H2,1-2H3,(H2,29,30,31);4-11,13-14,35H,3,12H2,1-2H3,(H2,28,29,30);3-9,11-12,35H,10H2,1-2H3,(H2,28,29,30);5-8,12-13,15,33H,4,11H2,1-3H3,(H2,26,27,28)/t;;;15-/m...1/s1. The van der Waals surface area contributed by atoms with Gasteiger partial charge in [0, 0.05) is 28.8 Å². The zero-order valence-corrected chi connectivity index (χ0v) is 83.3. The predicted octanol–water partition coefficient (Wildman–Crippen LogP) is 16.2. The molecule has 16 aromatic heterocycles. The molecule has 16 heterocycles. The van der Waals surface area contributed by atoms with Gasteiger partial charge in [0.1, 0.15) is 175 Å². The van der Waals surface area contributed by atoms with E-state index in [1.54, 1.807) is 62.1 Å². The number of anilines is 4. The van der Waals surface area contributed by atoms with E-state index in [9.17, 15) is 48.4 Å². The molecule has 0 aliphatic carbocycles. The highest BCUT2D eigenvalue weighted by Gasteiger charge is 2.30. The molecule has 12 N–H and O–H groups in total. The second-order valence-corrected chi connectivity index (χ2v) is 38.0. The molecule has 734 valence electrons. The van der Waals surface area contributed by atoms with Crippen LogP contribution in [0.3, 0.4) is 0 Å². The summed E-state index contributed by atoms with van der Waals surface area (Å²) in [5.41, 5.74) is 39.4. The van der Waals surface area contributed by atoms with Crippen molar-refractivity contribution in [1.29, 1.82) is 0 Å². The molecule has 0 saturated carbocycles. The largest absolute Gasteiger partial charge is 0.508 e. The number of aromatic nitrogens is 24. The number of fused-ring (bicyclic) bond motifs is 8. The Bertz CT molecular complexity index is 9530. The number of phenolic OH excluding ortho intramolecular Hbond substituents is 3. The van der Waals surface area contributed by atoms with Crippen LogP contribution < -0.4 is 45.2 Å². The van der Waals surface area contributed by atoms with Crippen molar-refractivity contribution >= 4 is 154 Å². The number of aromatic hydroxyl groups is 3. The van der Waals surface area contributed by atoms with Crippen molar-refractivity contribution in [2.75, 3.05) is 22.9 Å². The first-order chi connectivity index (χ1) is 71.0. The van der Waals surface area contributed by atoms with Gasteiger partial charge in [-0.3, -0.25) is 37.4 Å². The normalized spacial score (nSPS) is 11.7. The fraction of sp³-hybridized carbons (Fsp3) is 0.162. The SMILES string of the molecule is CCc1ccccc1-n1c(Cn2nc(-c3cc(O)cc(F)c3)c3c(N)ncnc32)nc2scc(C)c2c1=O.CCc1ccccc1-n1c(Cn2nc(-c3cccc(O)c3)c3c(N)ncnc32)nc2scc(C)c2c1=O.CCc1ccccc1-n1c(Cn2nc(C#C[C@@H](C)O)c3c(N)ncnc32)nc2scc(C)c2c1=O.Cc1ccccc1-n1c(Cn2nc(-c3cc(O)cc(F)c3)c3c(N)ncnc32)nc2scc(C)c2c1=O. The molecule has 0 aliphatic heterocycles. The number of nitrogens with zero attached hydrogens (tertiary/aromatic N) is 24. The molecule has 0 bridgehead atoms. The summed E-state index contributed by atoms with van der Waals surface area (Å²) in [7, 11) is 0. The van der Waals surface area contributed by atoms with Crippen molar-refractivity contribution in [3.8, 4) is 85.6 Å². The van der Waals surface area contributed by atoms with Gasteiger partial charge >= 0.3 is 0 Å². The first-order valence-electron chi connectivity index (χ1n) is 46.2. The lowest BCUT2D eigenvalue weighted by Crippen LogP contribution is -2.26. The lowest BCUT2D eigenvalue weighted by atomic mass is 10.1. The van der Waals surface area contributed by atoms with Gasteiger partial charge in [-0.1, -0.05) is 112 Å². The van der Waals surface area contributed by atoms with Crippen LogP contribution in [0, 0.1) is 58.1 Å². The number of hydrogen-bond donors (Lipinski definition) is 8. The van der Waals surface area contributed by atoms with Crippen LogP contribution in [0.25, 0.3) is 142 Å². The van der Waals surface area contributed by atoms with Gasteiger partial charge in [-0.05, 0) is 193 Å². The van der Waals surface area contributed by atoms with Crippen LogP contribution in [0.4, 0.5) is 32.1 Å². The molecular formula is C105H88F2N28O8S4. The number of nitrogen functional groups attached to an aromatic ring is 4. The molecule has 0 unspecified atom stereocenters. The number of aliphatic hydroxyl groups excluding tert-OH is 1. The van der Waals surface area contributed by atoms with Crippen molar-refractivity contribution in [3.05, 3.63) is 331 Å². The van der Waals surface area contributed by atoms with Gasteiger partial charge in [0.15, 0.2) is 22.6 Å². The lowest BCUT2D eigenvalue weighted by molar-refractivity contribution is 0.253. The van der Waals surface area contributed by atoms with Gasteiger partial charge in [0.05, 0.1) is 65.8 Å². The molecule has 42 heteroatoms. The summed E-state index contributed by atoms with van der Waals surface area (Å²) in [6.45, 7) is 17.8. The molecule has 147 heavy (non-hydrogen) atoms. The summed E-state index contributed by atoms with van der Waals surface area (Å²) >= 11 is 5.70. The minimum atomic E-state index is -0.831. The third kappa shape index (κ3) is 18.1. The number of aryl methyl sites for hydroxylation is 8. The Morgan fingerprint density at radius 2 is 0.653 bits per heavy atom. The second-order valence-electron chi connectivity index (χ2n) is 34.6. The maximum Gasteiger partial charge on any atom is 0.267 e. The highest BCUT2D eigenvalue weighted by atomic mass is 32.1. The Hall–Kier alpha value is -17.9. The average molecular weight is 2040 g/mol. The molecule has 7 aromatic carbocycles. The smallest absolute Gasteiger partial charge is 0.267 e. The summed E-state index contributed by atoms with van der Waals surface area (Å²) in [4.78, 5) is 112. The molecule has 0 spiro atoms. The molecule has 0 fully saturated rings. The molecule has 36 nitrogen and oxygen atoms in total. The summed E-state index contributed by atoms with van der Waals surface area (Å²) < 4.78 is 41.3. The summed E-state index contributed by atoms with van der Waals surface area (Å²) in [5.74, 6) is 6.72. The van der Waals surface area contributed by atoms with E-state index < -0.39 is 17.7 Å². The number of nitrogens with two attached hydrogens (primary N) is 4. The fourth-order valence-electron chi connectivity index (χ4n) is 18.0. The topological polar surface area (TPSA) is 499 Å². The predicted molar refractivity (Wildman–Crippen MR) is 568 cm³/mol. The number of halogens is 2. The fourth-order valence-corrected chi connectivity index (χ4v) is 21.8. The minimum absolute atomic E-state index is 0.0741. The van der Waals surface area contributed by atoms with Crippen LogP contribution in [-0.4, -0.2) is 144 Å². The zero-order chi connectivity index (χ0) is 103. The average Bonchev–Trinajstić information content (AvgIpc) is 1.65. The summed E-state index contributed by atoms with van der Waals surface area (Å²) in [5, 5.41) is 70.5. The molecule has 1 atom stereocenters. The highest BCUT2D eigenvalue weighted by Crippen LogP contribution is 2.40. The third-order valence-electron chi connectivity index (χ3n) is 24.9. The monoisotopic (exact) mass is 2030 g/mol. The van der Waals surface area contributed by atoms with Crippen LogP contribution in [-0.2, 0) is 45.4 Å². The Morgan fingerprint density at radius 3 is 0.986 bits per heavy atom. The van der Waals surface area contributed by atoms with Gasteiger partial charge in [0.2, 0.25) is 0 Å². The number of thiophene rings is 4. The zero-order valence-electron chi connectivity index (χ0n) is 80.0. The van der Waals surface area contributed by atoms with Gasteiger partial charge in [0.25, 0.3) is 22.2 Å². The van der Waals surface area contributed by atoms with E-state index >= 15 is 0 Å². The van der Waals surface area contributed by atoms with Gasteiger partial charge in [-0.2, -0.15) is 20.4 Å². The molecule has 0 saturated heterocycles. The van der Waals surface area contributed by atoms with Crippen LogP contribution in [0.1, 0.15) is 101 Å². The van der Waals surface area contributed by atoms with Crippen molar-refractivity contribution in [3.63, 3.8) is 0 Å². The van der Waals surface area contributed by atoms with Crippen molar-refractivity contribution in [1.82, 2.24) is 117 Å². The van der Waals surface area contributed by atoms with E-state index in [-0.39, 0.29) is 88.9 Å². The first-order valence-corrected chi connectivity index (χ1v) is 49.7. The number of para-hydroxylation sites is 4. The quantitative estimate of drug-likeness (QED) is 0.0370. The van der Waals surface area contributed by atoms with E-state index in [1.165, 1.54) is 94.9 Å². The summed E-state index contributed by atoms with van der Waals surface area (Å²) in [6.07, 6.45) is 6.81. The first kappa shape index (κ1) is 96.6. The van der Waals surface area contributed by atoms with Crippen LogP contribution in [0.2, 0.25) is 0 Å². The molecule has 23 aromatic rings. The summed E-state index contributed by atoms with van der Waals surface area (Å²) in [6, 6.07) is 45.1. The molecule has 0 amide bonds. The van der Waals surface area contributed by atoms with E-state index in [4.69, 9.17) is 53.1 Å². The van der Waals surface area contributed by atoms with Crippen molar-refractivity contribution in [2.45, 2.75) is 114 Å². The Kier molecular flexibility index (Phi) is 26.1. The van der Waals surface area contributed by atoms with E-state index in [1.807, 2.05) is 166 Å². The molecule has 23 rings (SSSR count). The number of rotatable bonds is 18. The van der Waals surface area contributed by atoms with Gasteiger partial charge < -0.3 is 43.4 Å².